The van der Waals surface area contributed by atoms with Crippen LogP contribution in [0.2, 0.25) is 0 Å². The topological polar surface area (TPSA) is 81.5 Å². The predicted molar refractivity (Wildman–Crippen MR) is 130 cm³/mol. The normalized spacial score (nSPS) is 11.5. The highest BCUT2D eigenvalue weighted by molar-refractivity contribution is 5.98. The molecule has 2 heterocycles. The maximum atomic E-state index is 13.3. The second-order valence-electron chi connectivity index (χ2n) is 7.56. The van der Waals surface area contributed by atoms with E-state index in [0.717, 1.165) is 22.0 Å². The lowest BCUT2D eigenvalue weighted by Crippen LogP contribution is -2.22. The molecule has 164 valence electrons. The quantitative estimate of drug-likeness (QED) is 0.399. The molecule has 3 aromatic carbocycles. The number of aromatic nitrogens is 3. The molecule has 0 radical (unpaired) electrons. The van der Waals surface area contributed by atoms with E-state index in [0.29, 0.717) is 34.6 Å². The van der Waals surface area contributed by atoms with Gasteiger partial charge in [-0.05, 0) is 35.9 Å². The molecule has 0 aliphatic heterocycles. The largest absolute Gasteiger partial charge is 0.493 e. The van der Waals surface area contributed by atoms with Crippen LogP contribution < -0.4 is 15.0 Å². The van der Waals surface area contributed by atoms with Crippen LogP contribution in [0.25, 0.3) is 21.8 Å². The number of benzene rings is 3. The Hall–Kier alpha value is -4.39. The third-order valence-corrected chi connectivity index (χ3v) is 5.56. The van der Waals surface area contributed by atoms with Gasteiger partial charge in [0.15, 0.2) is 11.5 Å². The average molecular weight is 438 g/mol. The van der Waals surface area contributed by atoms with E-state index in [2.05, 4.69) is 10.1 Å². The van der Waals surface area contributed by atoms with Crippen molar-refractivity contribution in [1.82, 2.24) is 14.6 Å². The van der Waals surface area contributed by atoms with Crippen LogP contribution in [0, 0.1) is 0 Å². The van der Waals surface area contributed by atoms with Gasteiger partial charge in [-0.2, -0.15) is 9.78 Å². The number of nitrogens with zero attached hydrogens (tertiary/aromatic N) is 3. The van der Waals surface area contributed by atoms with E-state index in [1.54, 1.807) is 26.5 Å². The number of rotatable bonds is 6. The fourth-order valence-corrected chi connectivity index (χ4v) is 3.90. The second kappa shape index (κ2) is 8.63. The number of H-pyrrole nitrogens is 1. The molecule has 5 rings (SSSR count). The fourth-order valence-electron chi connectivity index (χ4n) is 3.90. The number of nitrogens with one attached hydrogen (secondary N) is 1. The van der Waals surface area contributed by atoms with E-state index in [9.17, 15) is 4.79 Å². The lowest BCUT2D eigenvalue weighted by molar-refractivity contribution is 0.354. The third kappa shape index (κ3) is 3.85. The molecule has 0 aliphatic carbocycles. The summed E-state index contributed by atoms with van der Waals surface area (Å²) in [4.78, 5) is 21.3. The molecule has 0 fully saturated rings. The average Bonchev–Trinajstić information content (AvgIpc) is 3.27. The van der Waals surface area contributed by atoms with Crippen LogP contribution in [0.4, 0.5) is 0 Å². The highest BCUT2D eigenvalue weighted by Crippen LogP contribution is 2.28. The SMILES string of the molecule is COc1ccc(Cc2nc3ccccc3c(=O)n2/N=C/c2c[nH]c3ccccc23)cc1OC. The molecule has 0 aliphatic rings. The Morgan fingerprint density at radius 1 is 0.970 bits per heavy atom. The summed E-state index contributed by atoms with van der Waals surface area (Å²) in [5.41, 5.74) is 3.24. The summed E-state index contributed by atoms with van der Waals surface area (Å²) in [5.74, 6) is 1.79. The summed E-state index contributed by atoms with van der Waals surface area (Å²) in [7, 11) is 3.19. The van der Waals surface area contributed by atoms with E-state index < -0.39 is 0 Å². The highest BCUT2D eigenvalue weighted by Gasteiger charge is 2.13. The van der Waals surface area contributed by atoms with Crippen molar-refractivity contribution in [2.45, 2.75) is 6.42 Å². The van der Waals surface area contributed by atoms with Gasteiger partial charge in [-0.25, -0.2) is 4.98 Å². The maximum absolute atomic E-state index is 13.3. The molecule has 5 aromatic rings. The van der Waals surface area contributed by atoms with Crippen molar-refractivity contribution >= 4 is 28.0 Å². The van der Waals surface area contributed by atoms with Crippen LogP contribution in [-0.4, -0.2) is 35.1 Å². The Labute approximate surface area is 189 Å². The first-order valence-electron chi connectivity index (χ1n) is 10.5. The molecule has 7 heteroatoms. The summed E-state index contributed by atoms with van der Waals surface area (Å²) in [6.45, 7) is 0. The molecule has 7 nitrogen and oxygen atoms in total. The van der Waals surface area contributed by atoms with Crippen molar-refractivity contribution in [3.8, 4) is 11.5 Å². The number of fused-ring (bicyclic) bond motifs is 2. The standard InChI is InChI=1S/C26H22N4O3/c1-32-23-12-11-17(13-24(23)33-2)14-25-29-22-10-6-4-8-20(22)26(31)30(25)28-16-18-15-27-21-9-5-3-7-19(18)21/h3-13,15-16,27H,14H2,1-2H3/b28-16+. The van der Waals surface area contributed by atoms with Crippen molar-refractivity contribution in [3.05, 3.63) is 100 Å². The zero-order chi connectivity index (χ0) is 22.8. The molecule has 0 amide bonds. The van der Waals surface area contributed by atoms with Crippen molar-refractivity contribution in [2.75, 3.05) is 14.2 Å². The lowest BCUT2D eigenvalue weighted by Gasteiger charge is -2.12. The lowest BCUT2D eigenvalue weighted by atomic mass is 10.1. The van der Waals surface area contributed by atoms with E-state index >= 15 is 0 Å². The summed E-state index contributed by atoms with van der Waals surface area (Å²) in [5, 5.41) is 6.11. The van der Waals surface area contributed by atoms with E-state index in [4.69, 9.17) is 14.5 Å². The summed E-state index contributed by atoms with van der Waals surface area (Å²) in [6.07, 6.45) is 3.96. The Morgan fingerprint density at radius 2 is 1.73 bits per heavy atom. The molecular formula is C26H22N4O3. The number of hydrogen-bond acceptors (Lipinski definition) is 5. The Balaban J connectivity index is 1.62. The number of aromatic amines is 1. The van der Waals surface area contributed by atoms with Crippen LogP contribution >= 0.6 is 0 Å². The number of hydrogen-bond donors (Lipinski definition) is 1. The highest BCUT2D eigenvalue weighted by atomic mass is 16.5. The number of methoxy groups -OCH3 is 2. The monoisotopic (exact) mass is 438 g/mol. The molecule has 0 saturated heterocycles. The first-order valence-corrected chi connectivity index (χ1v) is 10.5. The van der Waals surface area contributed by atoms with Gasteiger partial charge in [-0.15, -0.1) is 0 Å². The summed E-state index contributed by atoms with van der Waals surface area (Å²) < 4.78 is 12.1. The van der Waals surface area contributed by atoms with Gasteiger partial charge < -0.3 is 14.5 Å². The van der Waals surface area contributed by atoms with Gasteiger partial charge in [0.1, 0.15) is 5.82 Å². The molecule has 0 bridgehead atoms. The van der Waals surface area contributed by atoms with E-state index in [1.807, 2.05) is 66.9 Å². The van der Waals surface area contributed by atoms with Crippen molar-refractivity contribution in [1.29, 1.82) is 0 Å². The minimum atomic E-state index is -0.216. The van der Waals surface area contributed by atoms with Crippen LogP contribution in [0.5, 0.6) is 11.5 Å². The van der Waals surface area contributed by atoms with E-state index in [-0.39, 0.29) is 5.56 Å². The zero-order valence-corrected chi connectivity index (χ0v) is 18.3. The minimum Gasteiger partial charge on any atom is -0.493 e. The summed E-state index contributed by atoms with van der Waals surface area (Å²) >= 11 is 0. The number of ether oxygens (including phenoxy) is 2. The fraction of sp³-hybridized carbons (Fsp3) is 0.115. The summed E-state index contributed by atoms with van der Waals surface area (Å²) in [6, 6.07) is 20.9. The Bertz CT molecular complexity index is 1550. The zero-order valence-electron chi connectivity index (χ0n) is 18.3. The smallest absolute Gasteiger partial charge is 0.282 e. The molecule has 0 spiro atoms. The number of para-hydroxylation sites is 2. The van der Waals surface area contributed by atoms with Crippen LogP contribution in [-0.2, 0) is 6.42 Å². The van der Waals surface area contributed by atoms with Gasteiger partial charge in [0.05, 0.1) is 31.3 Å². The van der Waals surface area contributed by atoms with Gasteiger partial charge in [0.25, 0.3) is 5.56 Å². The first kappa shape index (κ1) is 20.5. The molecule has 0 atom stereocenters. The van der Waals surface area contributed by atoms with Crippen molar-refractivity contribution < 1.29 is 9.47 Å². The first-order chi connectivity index (χ1) is 16.2. The molecule has 0 saturated carbocycles. The minimum absolute atomic E-state index is 0.216. The molecule has 33 heavy (non-hydrogen) atoms. The Kier molecular flexibility index (Phi) is 5.36. The van der Waals surface area contributed by atoms with Crippen molar-refractivity contribution in [2.24, 2.45) is 5.10 Å². The van der Waals surface area contributed by atoms with Crippen LogP contribution in [0.15, 0.2) is 82.8 Å². The van der Waals surface area contributed by atoms with Gasteiger partial charge >= 0.3 is 0 Å². The van der Waals surface area contributed by atoms with E-state index in [1.165, 1.54) is 4.68 Å². The van der Waals surface area contributed by atoms with Crippen molar-refractivity contribution in [3.63, 3.8) is 0 Å². The van der Waals surface area contributed by atoms with Crippen LogP contribution in [0.1, 0.15) is 17.0 Å². The van der Waals surface area contributed by atoms with Gasteiger partial charge in [-0.1, -0.05) is 36.4 Å². The second-order valence-corrected chi connectivity index (χ2v) is 7.56. The van der Waals surface area contributed by atoms with Gasteiger partial charge in [0, 0.05) is 29.1 Å². The molecule has 1 N–H and O–H groups in total. The van der Waals surface area contributed by atoms with Gasteiger partial charge in [-0.3, -0.25) is 4.79 Å². The molecular weight excluding hydrogens is 416 g/mol. The van der Waals surface area contributed by atoms with Gasteiger partial charge in [0.2, 0.25) is 0 Å². The molecule has 0 unspecified atom stereocenters. The Morgan fingerprint density at radius 3 is 2.55 bits per heavy atom. The predicted octanol–water partition coefficient (Wildman–Crippen LogP) is 4.37. The maximum Gasteiger partial charge on any atom is 0.282 e. The van der Waals surface area contributed by atoms with Crippen LogP contribution in [0.3, 0.4) is 0 Å². The third-order valence-electron chi connectivity index (χ3n) is 5.56. The molecule has 2 aromatic heterocycles.